The van der Waals surface area contributed by atoms with Crippen molar-refractivity contribution in [1.82, 2.24) is 10.2 Å². The number of methoxy groups -OCH3 is 1. The first kappa shape index (κ1) is 20.4. The van der Waals surface area contributed by atoms with Crippen molar-refractivity contribution >= 4 is 5.91 Å². The van der Waals surface area contributed by atoms with E-state index in [1.807, 2.05) is 31.2 Å². The molecule has 0 saturated carbocycles. The molecule has 1 fully saturated rings. The summed E-state index contributed by atoms with van der Waals surface area (Å²) in [5, 5.41) is 3.17. The van der Waals surface area contributed by atoms with Crippen LogP contribution in [-0.4, -0.2) is 31.0 Å². The fraction of sp³-hybridized carbons (Fsp3) is 0.458. The van der Waals surface area contributed by atoms with Gasteiger partial charge in [-0.1, -0.05) is 37.6 Å². The lowest BCUT2D eigenvalue weighted by molar-refractivity contribution is 0.0935. The summed E-state index contributed by atoms with van der Waals surface area (Å²) < 4.78 is 5.34. The largest absolute Gasteiger partial charge is 0.496 e. The van der Waals surface area contributed by atoms with Gasteiger partial charge in [-0.3, -0.25) is 9.69 Å². The fourth-order valence-corrected chi connectivity index (χ4v) is 3.92. The maximum Gasteiger partial charge on any atom is 0.251 e. The SMILES string of the molecule is CCC(NC(=O)c1ccc(CN2CCCCC2)cc1)c1ccc(OC)c(C)c1. The van der Waals surface area contributed by atoms with E-state index < -0.39 is 0 Å². The molecule has 2 aromatic carbocycles. The van der Waals surface area contributed by atoms with Crippen LogP contribution in [0.4, 0.5) is 0 Å². The molecule has 0 aliphatic carbocycles. The number of carbonyl (C=O) groups excluding carboxylic acids is 1. The predicted octanol–water partition coefficient (Wildman–Crippen LogP) is 4.87. The van der Waals surface area contributed by atoms with Gasteiger partial charge in [-0.05, 0) is 74.2 Å². The molecule has 4 nitrogen and oxygen atoms in total. The minimum absolute atomic E-state index is 0.00914. The molecular weight excluding hydrogens is 348 g/mol. The van der Waals surface area contributed by atoms with Crippen LogP contribution in [0.15, 0.2) is 42.5 Å². The highest BCUT2D eigenvalue weighted by atomic mass is 16.5. The summed E-state index contributed by atoms with van der Waals surface area (Å²) in [7, 11) is 1.68. The number of hydrogen-bond acceptors (Lipinski definition) is 3. The first-order chi connectivity index (χ1) is 13.6. The van der Waals surface area contributed by atoms with E-state index in [4.69, 9.17) is 4.74 Å². The van der Waals surface area contributed by atoms with Gasteiger partial charge in [-0.2, -0.15) is 0 Å². The topological polar surface area (TPSA) is 41.6 Å². The Morgan fingerprint density at radius 1 is 1.11 bits per heavy atom. The van der Waals surface area contributed by atoms with E-state index in [2.05, 4.69) is 35.3 Å². The van der Waals surface area contributed by atoms with Gasteiger partial charge < -0.3 is 10.1 Å². The van der Waals surface area contributed by atoms with E-state index in [9.17, 15) is 4.79 Å². The Kier molecular flexibility index (Phi) is 7.10. The van der Waals surface area contributed by atoms with Crippen LogP contribution in [-0.2, 0) is 6.54 Å². The Labute approximate surface area is 168 Å². The van der Waals surface area contributed by atoms with E-state index >= 15 is 0 Å². The number of nitrogens with zero attached hydrogens (tertiary/aromatic N) is 1. The smallest absolute Gasteiger partial charge is 0.251 e. The van der Waals surface area contributed by atoms with Gasteiger partial charge in [0.1, 0.15) is 5.75 Å². The summed E-state index contributed by atoms with van der Waals surface area (Å²) >= 11 is 0. The van der Waals surface area contributed by atoms with Gasteiger partial charge in [0.2, 0.25) is 0 Å². The van der Waals surface area contributed by atoms with Gasteiger partial charge in [0.05, 0.1) is 13.2 Å². The Morgan fingerprint density at radius 2 is 1.82 bits per heavy atom. The predicted molar refractivity (Wildman–Crippen MR) is 114 cm³/mol. The van der Waals surface area contributed by atoms with Crippen molar-refractivity contribution in [2.75, 3.05) is 20.2 Å². The van der Waals surface area contributed by atoms with Crippen LogP contribution in [0.2, 0.25) is 0 Å². The van der Waals surface area contributed by atoms with Crippen LogP contribution in [0.1, 0.15) is 65.7 Å². The Morgan fingerprint density at radius 3 is 2.43 bits per heavy atom. The van der Waals surface area contributed by atoms with Crippen LogP contribution in [0.5, 0.6) is 5.75 Å². The maximum atomic E-state index is 12.8. The summed E-state index contributed by atoms with van der Waals surface area (Å²) in [5.41, 5.74) is 4.17. The minimum Gasteiger partial charge on any atom is -0.496 e. The molecule has 0 spiro atoms. The lowest BCUT2D eigenvalue weighted by Crippen LogP contribution is -2.29. The molecule has 2 aromatic rings. The number of hydrogen-bond donors (Lipinski definition) is 1. The minimum atomic E-state index is -0.0233. The van der Waals surface area contributed by atoms with E-state index in [1.54, 1.807) is 7.11 Å². The average Bonchev–Trinajstić information content (AvgIpc) is 2.73. The van der Waals surface area contributed by atoms with Gasteiger partial charge in [-0.15, -0.1) is 0 Å². The number of amides is 1. The van der Waals surface area contributed by atoms with Crippen LogP contribution in [0.3, 0.4) is 0 Å². The summed E-state index contributed by atoms with van der Waals surface area (Å²) in [6.07, 6.45) is 4.78. The third-order valence-corrected chi connectivity index (χ3v) is 5.61. The zero-order valence-corrected chi connectivity index (χ0v) is 17.3. The lowest BCUT2D eigenvalue weighted by atomic mass is 10.0. The third-order valence-electron chi connectivity index (χ3n) is 5.61. The fourth-order valence-electron chi connectivity index (χ4n) is 3.92. The second-order valence-electron chi connectivity index (χ2n) is 7.70. The van der Waals surface area contributed by atoms with Gasteiger partial charge >= 0.3 is 0 Å². The van der Waals surface area contributed by atoms with Crippen molar-refractivity contribution in [3.8, 4) is 5.75 Å². The molecule has 1 aliphatic heterocycles. The number of likely N-dealkylation sites (tertiary alicyclic amines) is 1. The maximum absolute atomic E-state index is 12.8. The number of nitrogens with one attached hydrogen (secondary N) is 1. The molecule has 1 unspecified atom stereocenters. The Hall–Kier alpha value is -2.33. The highest BCUT2D eigenvalue weighted by Crippen LogP contribution is 2.24. The van der Waals surface area contributed by atoms with Crippen molar-refractivity contribution in [2.24, 2.45) is 0 Å². The van der Waals surface area contributed by atoms with Crippen LogP contribution in [0, 0.1) is 6.92 Å². The monoisotopic (exact) mass is 380 g/mol. The molecule has 1 heterocycles. The summed E-state index contributed by atoms with van der Waals surface area (Å²) in [4.78, 5) is 15.2. The standard InChI is InChI=1S/C24H32N2O2/c1-4-22(21-12-13-23(28-3)18(2)16-21)25-24(27)20-10-8-19(9-11-20)17-26-14-6-5-7-15-26/h8-13,16,22H,4-7,14-15,17H2,1-3H3,(H,25,27). The highest BCUT2D eigenvalue weighted by Gasteiger charge is 2.16. The number of benzene rings is 2. The molecule has 1 N–H and O–H groups in total. The third kappa shape index (κ3) is 5.14. The second kappa shape index (κ2) is 9.74. The summed E-state index contributed by atoms with van der Waals surface area (Å²) in [6, 6.07) is 14.1. The van der Waals surface area contributed by atoms with Gasteiger partial charge in [-0.25, -0.2) is 0 Å². The van der Waals surface area contributed by atoms with Crippen LogP contribution in [0.25, 0.3) is 0 Å². The van der Waals surface area contributed by atoms with E-state index in [-0.39, 0.29) is 11.9 Å². The molecule has 1 aliphatic rings. The van der Waals surface area contributed by atoms with E-state index in [0.29, 0.717) is 5.56 Å². The van der Waals surface area contributed by atoms with Crippen molar-refractivity contribution < 1.29 is 9.53 Å². The Bertz CT molecular complexity index is 780. The zero-order chi connectivity index (χ0) is 19.9. The summed E-state index contributed by atoms with van der Waals surface area (Å²) in [5.74, 6) is 0.846. The molecule has 0 bridgehead atoms. The molecule has 1 amide bonds. The van der Waals surface area contributed by atoms with Gasteiger partial charge in [0.25, 0.3) is 5.91 Å². The van der Waals surface area contributed by atoms with Crippen LogP contribution >= 0.6 is 0 Å². The average molecular weight is 381 g/mol. The van der Waals surface area contributed by atoms with Crippen molar-refractivity contribution in [2.45, 2.75) is 52.1 Å². The molecule has 1 saturated heterocycles. The number of rotatable bonds is 7. The van der Waals surface area contributed by atoms with Gasteiger partial charge in [0, 0.05) is 12.1 Å². The molecule has 150 valence electrons. The molecule has 4 heteroatoms. The first-order valence-electron chi connectivity index (χ1n) is 10.4. The second-order valence-corrected chi connectivity index (χ2v) is 7.70. The highest BCUT2D eigenvalue weighted by molar-refractivity contribution is 5.94. The molecule has 1 atom stereocenters. The van der Waals surface area contributed by atoms with Gasteiger partial charge in [0.15, 0.2) is 0 Å². The molecule has 0 radical (unpaired) electrons. The van der Waals surface area contributed by atoms with Crippen molar-refractivity contribution in [1.29, 1.82) is 0 Å². The van der Waals surface area contributed by atoms with Crippen LogP contribution < -0.4 is 10.1 Å². The lowest BCUT2D eigenvalue weighted by Gasteiger charge is -2.26. The van der Waals surface area contributed by atoms with Crippen molar-refractivity contribution in [3.63, 3.8) is 0 Å². The number of ether oxygens (including phenoxy) is 1. The molecular formula is C24H32N2O2. The molecule has 28 heavy (non-hydrogen) atoms. The normalized spacial score (nSPS) is 15.8. The van der Waals surface area contributed by atoms with Crippen molar-refractivity contribution in [3.05, 3.63) is 64.7 Å². The van der Waals surface area contributed by atoms with E-state index in [1.165, 1.54) is 37.9 Å². The number of piperidine rings is 1. The number of aryl methyl sites for hydroxylation is 1. The molecule has 3 rings (SSSR count). The first-order valence-corrected chi connectivity index (χ1v) is 10.4. The summed E-state index contributed by atoms with van der Waals surface area (Å²) in [6.45, 7) is 7.46. The Balaban J connectivity index is 1.63. The number of carbonyl (C=O) groups is 1. The molecule has 0 aromatic heterocycles. The zero-order valence-electron chi connectivity index (χ0n) is 17.3. The van der Waals surface area contributed by atoms with E-state index in [0.717, 1.165) is 29.8 Å². The quantitative estimate of drug-likeness (QED) is 0.745.